The Labute approximate surface area is 82.5 Å². The smallest absolute Gasteiger partial charge is 0.107 e. The lowest BCUT2D eigenvalue weighted by Gasteiger charge is -1.99. The molecule has 4 heteroatoms. The first kappa shape index (κ1) is 9.16. The molecule has 1 rings (SSSR count). The topological polar surface area (TPSA) is 38.9 Å². The summed E-state index contributed by atoms with van der Waals surface area (Å²) in [6.45, 7) is 0.635. The zero-order valence-electron chi connectivity index (χ0n) is 5.85. The molecule has 0 saturated heterocycles. The van der Waals surface area contributed by atoms with Crippen molar-refractivity contribution in [3.8, 4) is 0 Å². The van der Waals surface area contributed by atoms with Crippen LogP contribution in [0.4, 0.5) is 0 Å². The summed E-state index contributed by atoms with van der Waals surface area (Å²) in [7, 11) is 0. The average Bonchev–Trinajstić information content (AvgIpc) is 1.85. The predicted octanol–water partition coefficient (Wildman–Crippen LogP) is 2.11. The molecule has 0 unspecified atom stereocenters. The molecule has 0 amide bonds. The highest BCUT2D eigenvalue weighted by atomic mass is 79.9. The number of nitrogens with zero attached hydrogens (tertiary/aromatic N) is 1. The standard InChI is InChI=1S/C7H8Br2N2/c8-5-3-6(1-2-10)11-7(9)4-5/h3-4H,1-2,10H2. The highest BCUT2D eigenvalue weighted by molar-refractivity contribution is 9.11. The van der Waals surface area contributed by atoms with Crippen LogP contribution in [0.25, 0.3) is 0 Å². The van der Waals surface area contributed by atoms with Crippen LogP contribution in [0.1, 0.15) is 5.69 Å². The Morgan fingerprint density at radius 1 is 1.36 bits per heavy atom. The van der Waals surface area contributed by atoms with Gasteiger partial charge < -0.3 is 5.73 Å². The monoisotopic (exact) mass is 278 g/mol. The molecule has 0 spiro atoms. The number of hydrogen-bond acceptors (Lipinski definition) is 2. The SMILES string of the molecule is NCCc1cc(Br)cc(Br)n1. The van der Waals surface area contributed by atoms with Crippen LogP contribution in [-0.4, -0.2) is 11.5 Å². The number of aromatic nitrogens is 1. The second-order valence-electron chi connectivity index (χ2n) is 2.14. The summed E-state index contributed by atoms with van der Waals surface area (Å²) in [6, 6.07) is 3.87. The summed E-state index contributed by atoms with van der Waals surface area (Å²) < 4.78 is 1.87. The third-order valence-electron chi connectivity index (χ3n) is 1.21. The molecule has 0 atom stereocenters. The van der Waals surface area contributed by atoms with Crippen molar-refractivity contribution in [3.05, 3.63) is 26.9 Å². The largest absolute Gasteiger partial charge is 0.330 e. The molecule has 0 aliphatic rings. The van der Waals surface area contributed by atoms with E-state index < -0.39 is 0 Å². The van der Waals surface area contributed by atoms with E-state index in [-0.39, 0.29) is 0 Å². The molecule has 0 radical (unpaired) electrons. The Kier molecular flexibility index (Phi) is 3.48. The van der Waals surface area contributed by atoms with Crippen LogP contribution in [0, 0.1) is 0 Å². The van der Waals surface area contributed by atoms with Gasteiger partial charge in [0.2, 0.25) is 0 Å². The fourth-order valence-electron chi connectivity index (χ4n) is 0.792. The zero-order valence-corrected chi connectivity index (χ0v) is 9.02. The average molecular weight is 280 g/mol. The van der Waals surface area contributed by atoms with Gasteiger partial charge in [-0.15, -0.1) is 0 Å². The van der Waals surface area contributed by atoms with Gasteiger partial charge in [0.1, 0.15) is 4.60 Å². The predicted molar refractivity (Wildman–Crippen MR) is 52.4 cm³/mol. The number of hydrogen-bond donors (Lipinski definition) is 1. The lowest BCUT2D eigenvalue weighted by molar-refractivity contribution is 0.915. The van der Waals surface area contributed by atoms with Crippen LogP contribution < -0.4 is 5.73 Å². The van der Waals surface area contributed by atoms with Crippen LogP contribution in [0.15, 0.2) is 21.2 Å². The van der Waals surface area contributed by atoms with Crippen LogP contribution in [-0.2, 0) is 6.42 Å². The molecule has 60 valence electrons. The van der Waals surface area contributed by atoms with Crippen molar-refractivity contribution in [2.75, 3.05) is 6.54 Å². The molecule has 0 aromatic carbocycles. The Morgan fingerprint density at radius 2 is 2.09 bits per heavy atom. The molecule has 1 aromatic rings. The van der Waals surface area contributed by atoms with Crippen molar-refractivity contribution >= 4 is 31.9 Å². The maximum atomic E-state index is 5.39. The van der Waals surface area contributed by atoms with Gasteiger partial charge in [-0.25, -0.2) is 4.98 Å². The van der Waals surface area contributed by atoms with Gasteiger partial charge in [0.25, 0.3) is 0 Å². The van der Waals surface area contributed by atoms with Gasteiger partial charge in [-0.05, 0) is 34.6 Å². The van der Waals surface area contributed by atoms with Gasteiger partial charge in [0, 0.05) is 16.6 Å². The highest BCUT2D eigenvalue weighted by Crippen LogP contribution is 2.16. The van der Waals surface area contributed by atoms with Crippen molar-refractivity contribution < 1.29 is 0 Å². The number of nitrogens with two attached hydrogens (primary N) is 1. The molecule has 0 aliphatic heterocycles. The minimum Gasteiger partial charge on any atom is -0.330 e. The fourth-order valence-corrected chi connectivity index (χ4v) is 2.05. The van der Waals surface area contributed by atoms with Gasteiger partial charge in [-0.3, -0.25) is 0 Å². The van der Waals surface area contributed by atoms with E-state index >= 15 is 0 Å². The Morgan fingerprint density at radius 3 is 2.64 bits per heavy atom. The summed E-state index contributed by atoms with van der Waals surface area (Å²) in [4.78, 5) is 4.23. The normalized spacial score (nSPS) is 10.1. The molecule has 11 heavy (non-hydrogen) atoms. The van der Waals surface area contributed by atoms with Gasteiger partial charge in [0.15, 0.2) is 0 Å². The first-order valence-electron chi connectivity index (χ1n) is 3.24. The number of pyridine rings is 1. The summed E-state index contributed by atoms with van der Waals surface area (Å²) >= 11 is 6.67. The molecule has 0 fully saturated rings. The summed E-state index contributed by atoms with van der Waals surface area (Å²) in [5.41, 5.74) is 6.40. The maximum absolute atomic E-state index is 5.39. The molecular weight excluding hydrogens is 272 g/mol. The van der Waals surface area contributed by atoms with Crippen LogP contribution in [0.3, 0.4) is 0 Å². The molecule has 0 bridgehead atoms. The lowest BCUT2D eigenvalue weighted by atomic mass is 10.3. The van der Waals surface area contributed by atoms with Crippen molar-refractivity contribution in [1.29, 1.82) is 0 Å². The third kappa shape index (κ3) is 2.89. The maximum Gasteiger partial charge on any atom is 0.107 e. The number of rotatable bonds is 2. The summed E-state index contributed by atoms with van der Waals surface area (Å²) in [5, 5.41) is 0. The summed E-state index contributed by atoms with van der Waals surface area (Å²) in [5.74, 6) is 0. The first-order chi connectivity index (χ1) is 5.22. The van der Waals surface area contributed by atoms with E-state index in [2.05, 4.69) is 36.8 Å². The van der Waals surface area contributed by atoms with Gasteiger partial charge in [-0.2, -0.15) is 0 Å². The molecule has 1 aromatic heterocycles. The fraction of sp³-hybridized carbons (Fsp3) is 0.286. The summed E-state index contributed by atoms with van der Waals surface area (Å²) in [6.07, 6.45) is 0.818. The highest BCUT2D eigenvalue weighted by Gasteiger charge is 1.97. The van der Waals surface area contributed by atoms with E-state index in [0.29, 0.717) is 6.54 Å². The lowest BCUT2D eigenvalue weighted by Crippen LogP contribution is -2.04. The van der Waals surface area contributed by atoms with Crippen molar-refractivity contribution in [1.82, 2.24) is 4.98 Å². The van der Waals surface area contributed by atoms with E-state index in [1.165, 1.54) is 0 Å². The molecular formula is C7H8Br2N2. The first-order valence-corrected chi connectivity index (χ1v) is 4.83. The third-order valence-corrected chi connectivity index (χ3v) is 2.08. The Balaban J connectivity index is 2.89. The minimum atomic E-state index is 0.635. The molecule has 1 heterocycles. The zero-order chi connectivity index (χ0) is 8.27. The van der Waals surface area contributed by atoms with Crippen molar-refractivity contribution in [2.45, 2.75) is 6.42 Å². The second kappa shape index (κ2) is 4.18. The minimum absolute atomic E-state index is 0.635. The van der Waals surface area contributed by atoms with E-state index in [9.17, 15) is 0 Å². The van der Waals surface area contributed by atoms with Crippen LogP contribution in [0.2, 0.25) is 0 Å². The van der Waals surface area contributed by atoms with Crippen molar-refractivity contribution in [2.24, 2.45) is 5.73 Å². The Bertz CT molecular complexity index is 230. The molecule has 2 N–H and O–H groups in total. The van der Waals surface area contributed by atoms with Gasteiger partial charge in [-0.1, -0.05) is 15.9 Å². The quantitative estimate of drug-likeness (QED) is 0.843. The Hall–Kier alpha value is 0.0700. The van der Waals surface area contributed by atoms with Crippen LogP contribution in [0.5, 0.6) is 0 Å². The molecule has 0 aliphatic carbocycles. The van der Waals surface area contributed by atoms with E-state index in [0.717, 1.165) is 21.2 Å². The van der Waals surface area contributed by atoms with E-state index in [1.807, 2.05) is 12.1 Å². The van der Waals surface area contributed by atoms with E-state index in [4.69, 9.17) is 5.73 Å². The van der Waals surface area contributed by atoms with Gasteiger partial charge >= 0.3 is 0 Å². The second-order valence-corrected chi connectivity index (χ2v) is 3.87. The van der Waals surface area contributed by atoms with Gasteiger partial charge in [0.05, 0.1) is 0 Å². The van der Waals surface area contributed by atoms with Crippen molar-refractivity contribution in [3.63, 3.8) is 0 Å². The number of halogens is 2. The van der Waals surface area contributed by atoms with E-state index in [1.54, 1.807) is 0 Å². The molecule has 2 nitrogen and oxygen atoms in total. The van der Waals surface area contributed by atoms with Crippen LogP contribution >= 0.6 is 31.9 Å². The molecule has 0 saturated carbocycles.